The summed E-state index contributed by atoms with van der Waals surface area (Å²) in [5.41, 5.74) is 1.14. The van der Waals surface area contributed by atoms with Crippen LogP contribution in [0.15, 0.2) is 34.2 Å². The SMILES string of the molecule is CN=C(NCCc1nc(C)c(C)s1)NCC(C)CSc1ccccc1OC. The van der Waals surface area contributed by atoms with Gasteiger partial charge in [0, 0.05) is 42.1 Å². The lowest BCUT2D eigenvalue weighted by Gasteiger charge is -2.16. The van der Waals surface area contributed by atoms with Crippen LogP contribution in [0.4, 0.5) is 0 Å². The maximum atomic E-state index is 5.41. The Kier molecular flexibility index (Phi) is 8.94. The molecule has 5 nitrogen and oxygen atoms in total. The van der Waals surface area contributed by atoms with E-state index < -0.39 is 0 Å². The van der Waals surface area contributed by atoms with Crippen LogP contribution >= 0.6 is 23.1 Å². The Bertz CT molecular complexity index is 726. The minimum absolute atomic E-state index is 0.503. The summed E-state index contributed by atoms with van der Waals surface area (Å²) in [7, 11) is 3.52. The minimum atomic E-state index is 0.503. The highest BCUT2D eigenvalue weighted by Gasteiger charge is 2.08. The largest absolute Gasteiger partial charge is 0.496 e. The normalized spacial score (nSPS) is 12.7. The van der Waals surface area contributed by atoms with Crippen LogP contribution in [0, 0.1) is 19.8 Å². The molecule has 2 rings (SSSR count). The standard InChI is InChI=1S/C20H30N4OS2/c1-14(13-26-18-9-7-6-8-17(18)25-5)12-23-20(21-4)22-11-10-19-24-15(2)16(3)27-19/h6-9,14H,10-13H2,1-5H3,(H2,21,22,23). The summed E-state index contributed by atoms with van der Waals surface area (Å²) in [6, 6.07) is 8.15. The monoisotopic (exact) mass is 406 g/mol. The van der Waals surface area contributed by atoms with E-state index in [1.807, 2.05) is 30.0 Å². The molecule has 2 N–H and O–H groups in total. The molecule has 0 amide bonds. The fraction of sp³-hybridized carbons (Fsp3) is 0.500. The number of thioether (sulfide) groups is 1. The van der Waals surface area contributed by atoms with Gasteiger partial charge in [-0.2, -0.15) is 0 Å². The number of aliphatic imine (C=N–C) groups is 1. The molecule has 27 heavy (non-hydrogen) atoms. The van der Waals surface area contributed by atoms with E-state index >= 15 is 0 Å². The van der Waals surface area contributed by atoms with Crippen molar-refractivity contribution in [1.82, 2.24) is 15.6 Å². The molecule has 0 fully saturated rings. The number of hydrogen-bond acceptors (Lipinski definition) is 5. The second-order valence-corrected chi connectivity index (χ2v) is 8.80. The van der Waals surface area contributed by atoms with Crippen molar-refractivity contribution >= 4 is 29.1 Å². The van der Waals surface area contributed by atoms with Crippen molar-refractivity contribution in [1.29, 1.82) is 0 Å². The van der Waals surface area contributed by atoms with Crippen LogP contribution in [0.5, 0.6) is 5.75 Å². The zero-order chi connectivity index (χ0) is 19.6. The maximum Gasteiger partial charge on any atom is 0.190 e. The van der Waals surface area contributed by atoms with E-state index in [0.29, 0.717) is 5.92 Å². The van der Waals surface area contributed by atoms with E-state index in [0.717, 1.165) is 42.7 Å². The van der Waals surface area contributed by atoms with Gasteiger partial charge in [0.1, 0.15) is 5.75 Å². The molecule has 0 saturated heterocycles. The highest BCUT2D eigenvalue weighted by molar-refractivity contribution is 7.99. The molecule has 0 radical (unpaired) electrons. The minimum Gasteiger partial charge on any atom is -0.496 e. The molecule has 0 saturated carbocycles. The van der Waals surface area contributed by atoms with E-state index in [-0.39, 0.29) is 0 Å². The topological polar surface area (TPSA) is 58.5 Å². The Balaban J connectivity index is 1.70. The van der Waals surface area contributed by atoms with Crippen molar-refractivity contribution in [2.24, 2.45) is 10.9 Å². The van der Waals surface area contributed by atoms with Gasteiger partial charge in [-0.25, -0.2) is 4.98 Å². The summed E-state index contributed by atoms with van der Waals surface area (Å²) in [6.07, 6.45) is 0.916. The highest BCUT2D eigenvalue weighted by atomic mass is 32.2. The molecular weight excluding hydrogens is 376 g/mol. The Morgan fingerprint density at radius 2 is 2.07 bits per heavy atom. The third kappa shape index (κ3) is 7.07. The first-order valence-corrected chi connectivity index (χ1v) is 11.0. The number of nitrogens with zero attached hydrogens (tertiary/aromatic N) is 2. The number of ether oxygens (including phenoxy) is 1. The quantitative estimate of drug-likeness (QED) is 0.376. The van der Waals surface area contributed by atoms with Crippen LogP contribution < -0.4 is 15.4 Å². The van der Waals surface area contributed by atoms with Crippen LogP contribution in [0.25, 0.3) is 0 Å². The average molecular weight is 407 g/mol. The number of hydrogen-bond donors (Lipinski definition) is 2. The average Bonchev–Trinajstić information content (AvgIpc) is 3.00. The lowest BCUT2D eigenvalue weighted by atomic mass is 10.2. The number of aryl methyl sites for hydroxylation is 2. The number of methoxy groups -OCH3 is 1. The van der Waals surface area contributed by atoms with Gasteiger partial charge in [-0.3, -0.25) is 4.99 Å². The van der Waals surface area contributed by atoms with Crippen molar-refractivity contribution in [3.05, 3.63) is 39.8 Å². The number of nitrogens with one attached hydrogen (secondary N) is 2. The molecular formula is C20H30N4OS2. The molecule has 0 aliphatic carbocycles. The smallest absolute Gasteiger partial charge is 0.190 e. The molecule has 1 atom stereocenters. The van der Waals surface area contributed by atoms with Crippen molar-refractivity contribution in [3.63, 3.8) is 0 Å². The van der Waals surface area contributed by atoms with Crippen LogP contribution in [0.3, 0.4) is 0 Å². The summed E-state index contributed by atoms with van der Waals surface area (Å²) < 4.78 is 5.41. The van der Waals surface area contributed by atoms with Gasteiger partial charge in [0.05, 0.1) is 17.8 Å². The number of guanidine groups is 1. The van der Waals surface area contributed by atoms with Gasteiger partial charge in [0.25, 0.3) is 0 Å². The highest BCUT2D eigenvalue weighted by Crippen LogP contribution is 2.29. The lowest BCUT2D eigenvalue weighted by molar-refractivity contribution is 0.405. The molecule has 1 heterocycles. The fourth-order valence-corrected chi connectivity index (χ4v) is 4.44. The first-order valence-electron chi connectivity index (χ1n) is 9.16. The van der Waals surface area contributed by atoms with Gasteiger partial charge in [-0.15, -0.1) is 23.1 Å². The maximum absolute atomic E-state index is 5.41. The number of thiazole rings is 1. The van der Waals surface area contributed by atoms with Gasteiger partial charge in [-0.05, 0) is 31.9 Å². The summed E-state index contributed by atoms with van der Waals surface area (Å²) in [4.78, 5) is 11.4. The third-order valence-corrected chi connectivity index (χ3v) is 6.65. The molecule has 0 aliphatic heterocycles. The van der Waals surface area contributed by atoms with Gasteiger partial charge < -0.3 is 15.4 Å². The number of aromatic nitrogens is 1. The van der Waals surface area contributed by atoms with Gasteiger partial charge in [0.2, 0.25) is 0 Å². The molecule has 1 unspecified atom stereocenters. The second-order valence-electron chi connectivity index (χ2n) is 6.45. The summed E-state index contributed by atoms with van der Waals surface area (Å²) in [6.45, 7) is 8.13. The fourth-order valence-electron chi connectivity index (χ4n) is 2.45. The Labute approximate surface area is 171 Å². The molecule has 1 aromatic carbocycles. The summed E-state index contributed by atoms with van der Waals surface area (Å²) >= 11 is 3.60. The van der Waals surface area contributed by atoms with Crippen molar-refractivity contribution in [2.75, 3.05) is 33.0 Å². The molecule has 1 aromatic heterocycles. The van der Waals surface area contributed by atoms with Crippen molar-refractivity contribution in [3.8, 4) is 5.75 Å². The zero-order valence-electron chi connectivity index (χ0n) is 16.8. The molecule has 0 spiro atoms. The number of para-hydroxylation sites is 1. The summed E-state index contributed by atoms with van der Waals surface area (Å²) in [5, 5.41) is 7.96. The zero-order valence-corrected chi connectivity index (χ0v) is 18.5. The third-order valence-electron chi connectivity index (χ3n) is 4.14. The van der Waals surface area contributed by atoms with E-state index in [1.165, 1.54) is 14.8 Å². The number of rotatable bonds is 9. The lowest BCUT2D eigenvalue weighted by Crippen LogP contribution is -2.40. The van der Waals surface area contributed by atoms with E-state index in [2.05, 4.69) is 47.4 Å². The van der Waals surface area contributed by atoms with E-state index in [9.17, 15) is 0 Å². The van der Waals surface area contributed by atoms with Gasteiger partial charge in [0.15, 0.2) is 5.96 Å². The second kappa shape index (κ2) is 11.2. The molecule has 0 aliphatic rings. The predicted molar refractivity (Wildman–Crippen MR) is 118 cm³/mol. The van der Waals surface area contributed by atoms with Crippen LogP contribution in [0.1, 0.15) is 22.5 Å². The van der Waals surface area contributed by atoms with Crippen LogP contribution in [-0.4, -0.2) is 43.9 Å². The number of benzene rings is 1. The van der Waals surface area contributed by atoms with E-state index in [1.54, 1.807) is 25.5 Å². The Morgan fingerprint density at radius 3 is 2.74 bits per heavy atom. The van der Waals surface area contributed by atoms with Gasteiger partial charge >= 0.3 is 0 Å². The summed E-state index contributed by atoms with van der Waals surface area (Å²) in [5.74, 6) is 3.30. The Morgan fingerprint density at radius 1 is 1.30 bits per heavy atom. The molecule has 7 heteroatoms. The molecule has 148 valence electrons. The first kappa shape index (κ1) is 21.6. The van der Waals surface area contributed by atoms with E-state index in [4.69, 9.17) is 4.74 Å². The van der Waals surface area contributed by atoms with Crippen molar-refractivity contribution in [2.45, 2.75) is 32.1 Å². The molecule has 2 aromatic rings. The van der Waals surface area contributed by atoms with Gasteiger partial charge in [-0.1, -0.05) is 19.1 Å². The van der Waals surface area contributed by atoms with Crippen molar-refractivity contribution < 1.29 is 4.74 Å². The Hall–Kier alpha value is -1.73. The first-order chi connectivity index (χ1) is 13.0. The van der Waals surface area contributed by atoms with Crippen LogP contribution in [0.2, 0.25) is 0 Å². The van der Waals surface area contributed by atoms with Crippen LogP contribution in [-0.2, 0) is 6.42 Å². The molecule has 0 bridgehead atoms. The predicted octanol–water partition coefficient (Wildman–Crippen LogP) is 3.90.